The maximum Gasteiger partial charge on any atom is 0.122 e. The first-order chi connectivity index (χ1) is 7.58. The Morgan fingerprint density at radius 1 is 1.19 bits per heavy atom. The zero-order valence-electron chi connectivity index (χ0n) is 11.2. The molecule has 1 aromatic rings. The van der Waals surface area contributed by atoms with Crippen LogP contribution in [0.5, 0.6) is 5.75 Å². The van der Waals surface area contributed by atoms with E-state index in [-0.39, 0.29) is 0 Å². The molecule has 0 fully saturated rings. The van der Waals surface area contributed by atoms with Gasteiger partial charge in [0, 0.05) is 0 Å². The highest BCUT2D eigenvalue weighted by atomic mass is 16.5. The van der Waals surface area contributed by atoms with Crippen LogP contribution < -0.4 is 4.74 Å². The van der Waals surface area contributed by atoms with Crippen molar-refractivity contribution in [2.75, 3.05) is 7.11 Å². The van der Waals surface area contributed by atoms with Crippen molar-refractivity contribution < 1.29 is 4.74 Å². The average Bonchev–Trinajstić information content (AvgIpc) is 2.27. The van der Waals surface area contributed by atoms with Gasteiger partial charge in [0.2, 0.25) is 0 Å². The molecule has 0 aliphatic heterocycles. The van der Waals surface area contributed by atoms with Gasteiger partial charge < -0.3 is 4.74 Å². The lowest BCUT2D eigenvalue weighted by atomic mass is 9.94. The molecule has 0 aliphatic carbocycles. The van der Waals surface area contributed by atoms with E-state index >= 15 is 0 Å². The monoisotopic (exact) mass is 220 g/mol. The molecule has 1 aromatic carbocycles. The molecular formula is C15H24O. The summed E-state index contributed by atoms with van der Waals surface area (Å²) in [4.78, 5) is 0. The molecule has 1 rings (SSSR count). The second kappa shape index (κ2) is 5.93. The van der Waals surface area contributed by atoms with Crippen molar-refractivity contribution in [2.45, 2.75) is 46.5 Å². The predicted molar refractivity (Wildman–Crippen MR) is 70.2 cm³/mol. The zero-order chi connectivity index (χ0) is 12.1. The number of rotatable bonds is 5. The summed E-state index contributed by atoms with van der Waals surface area (Å²) in [6, 6.07) is 6.66. The normalized spacial score (nSPS) is 12.9. The minimum atomic E-state index is 0.572. The highest BCUT2D eigenvalue weighted by Crippen LogP contribution is 2.30. The molecule has 16 heavy (non-hydrogen) atoms. The summed E-state index contributed by atoms with van der Waals surface area (Å²) in [5, 5.41) is 0. The van der Waals surface area contributed by atoms with Crippen LogP contribution in [0.3, 0.4) is 0 Å². The highest BCUT2D eigenvalue weighted by Gasteiger charge is 2.10. The third-order valence-electron chi connectivity index (χ3n) is 3.09. The molecule has 0 aliphatic rings. The smallest absolute Gasteiger partial charge is 0.122 e. The van der Waals surface area contributed by atoms with E-state index in [0.29, 0.717) is 11.8 Å². The lowest BCUT2D eigenvalue weighted by Crippen LogP contribution is -2.00. The molecule has 1 nitrogen and oxygen atoms in total. The van der Waals surface area contributed by atoms with Gasteiger partial charge in [0.1, 0.15) is 5.75 Å². The Morgan fingerprint density at radius 2 is 1.88 bits per heavy atom. The van der Waals surface area contributed by atoms with E-state index in [1.165, 1.54) is 11.1 Å². The second-order valence-corrected chi connectivity index (χ2v) is 4.98. The maximum atomic E-state index is 5.49. The fourth-order valence-electron chi connectivity index (χ4n) is 1.98. The van der Waals surface area contributed by atoms with E-state index in [1.807, 2.05) is 0 Å². The number of hydrogen-bond donors (Lipinski definition) is 0. The summed E-state index contributed by atoms with van der Waals surface area (Å²) in [5.74, 6) is 2.31. The standard InChI is InChI=1S/C15H24O/c1-6-12(4)14-8-7-13(9-11(2)3)10-15(14)16-5/h7-8,10-12H,6,9H2,1-5H3. The van der Waals surface area contributed by atoms with Crippen LogP contribution in [0.2, 0.25) is 0 Å². The summed E-state index contributed by atoms with van der Waals surface area (Å²) < 4.78 is 5.49. The summed E-state index contributed by atoms with van der Waals surface area (Å²) in [5.41, 5.74) is 2.71. The minimum absolute atomic E-state index is 0.572. The van der Waals surface area contributed by atoms with Crippen LogP contribution in [0.4, 0.5) is 0 Å². The van der Waals surface area contributed by atoms with E-state index in [4.69, 9.17) is 4.74 Å². The number of methoxy groups -OCH3 is 1. The molecule has 0 heterocycles. The SMILES string of the molecule is CCC(C)c1ccc(CC(C)C)cc1OC. The first kappa shape index (κ1) is 13.1. The quantitative estimate of drug-likeness (QED) is 0.714. The van der Waals surface area contributed by atoms with Crippen molar-refractivity contribution in [3.8, 4) is 5.75 Å². The first-order valence-corrected chi connectivity index (χ1v) is 6.25. The Labute approximate surface area is 99.8 Å². The van der Waals surface area contributed by atoms with E-state index < -0.39 is 0 Å². The van der Waals surface area contributed by atoms with E-state index in [2.05, 4.69) is 45.9 Å². The van der Waals surface area contributed by atoms with Crippen LogP contribution in [0.25, 0.3) is 0 Å². The first-order valence-electron chi connectivity index (χ1n) is 6.25. The van der Waals surface area contributed by atoms with Gasteiger partial charge in [-0.2, -0.15) is 0 Å². The van der Waals surface area contributed by atoms with Crippen molar-refractivity contribution in [1.82, 2.24) is 0 Å². The van der Waals surface area contributed by atoms with Gasteiger partial charge in [0.05, 0.1) is 7.11 Å². The van der Waals surface area contributed by atoms with Crippen LogP contribution in [0, 0.1) is 5.92 Å². The number of benzene rings is 1. The van der Waals surface area contributed by atoms with Crippen molar-refractivity contribution >= 4 is 0 Å². The largest absolute Gasteiger partial charge is 0.496 e. The molecule has 0 bridgehead atoms. The molecule has 0 saturated heterocycles. The van der Waals surface area contributed by atoms with Gasteiger partial charge in [-0.15, -0.1) is 0 Å². The van der Waals surface area contributed by atoms with Gasteiger partial charge in [0.15, 0.2) is 0 Å². The molecule has 1 atom stereocenters. The maximum absolute atomic E-state index is 5.49. The van der Waals surface area contributed by atoms with Crippen LogP contribution in [-0.4, -0.2) is 7.11 Å². The van der Waals surface area contributed by atoms with Crippen molar-refractivity contribution in [3.63, 3.8) is 0 Å². The summed E-state index contributed by atoms with van der Waals surface area (Å²) in [6.45, 7) is 8.95. The minimum Gasteiger partial charge on any atom is -0.496 e. The molecule has 0 aromatic heterocycles. The molecule has 1 heteroatoms. The fourth-order valence-corrected chi connectivity index (χ4v) is 1.98. The van der Waals surface area contributed by atoms with E-state index in [9.17, 15) is 0 Å². The molecule has 0 spiro atoms. The predicted octanol–water partition coefficient (Wildman–Crippen LogP) is 4.41. The molecule has 90 valence electrons. The van der Waals surface area contributed by atoms with Gasteiger partial charge in [-0.05, 0) is 41.9 Å². The molecule has 0 N–H and O–H groups in total. The van der Waals surface area contributed by atoms with Crippen LogP contribution in [-0.2, 0) is 6.42 Å². The third kappa shape index (κ3) is 3.26. The molecular weight excluding hydrogens is 196 g/mol. The lowest BCUT2D eigenvalue weighted by Gasteiger charge is -2.16. The molecule has 1 unspecified atom stereocenters. The Kier molecular flexibility index (Phi) is 4.85. The van der Waals surface area contributed by atoms with Gasteiger partial charge in [-0.3, -0.25) is 0 Å². The Morgan fingerprint density at radius 3 is 2.38 bits per heavy atom. The van der Waals surface area contributed by atoms with Gasteiger partial charge >= 0.3 is 0 Å². The zero-order valence-corrected chi connectivity index (χ0v) is 11.2. The highest BCUT2D eigenvalue weighted by molar-refractivity contribution is 5.39. The summed E-state index contributed by atoms with van der Waals surface area (Å²) in [6.07, 6.45) is 2.27. The Balaban J connectivity index is 2.97. The van der Waals surface area contributed by atoms with Crippen molar-refractivity contribution in [1.29, 1.82) is 0 Å². The summed E-state index contributed by atoms with van der Waals surface area (Å²) in [7, 11) is 1.76. The third-order valence-corrected chi connectivity index (χ3v) is 3.09. The lowest BCUT2D eigenvalue weighted by molar-refractivity contribution is 0.405. The average molecular weight is 220 g/mol. The topological polar surface area (TPSA) is 9.23 Å². The number of ether oxygens (including phenoxy) is 1. The van der Waals surface area contributed by atoms with E-state index in [1.54, 1.807) is 7.11 Å². The fraction of sp³-hybridized carbons (Fsp3) is 0.600. The van der Waals surface area contributed by atoms with Gasteiger partial charge in [0.25, 0.3) is 0 Å². The Bertz CT molecular complexity index is 328. The molecule has 0 radical (unpaired) electrons. The van der Waals surface area contributed by atoms with Crippen LogP contribution in [0.15, 0.2) is 18.2 Å². The molecule has 0 amide bonds. The van der Waals surface area contributed by atoms with Crippen molar-refractivity contribution in [3.05, 3.63) is 29.3 Å². The van der Waals surface area contributed by atoms with Crippen LogP contribution in [0.1, 0.15) is 51.2 Å². The van der Waals surface area contributed by atoms with E-state index in [0.717, 1.165) is 18.6 Å². The van der Waals surface area contributed by atoms with Crippen LogP contribution >= 0.6 is 0 Å². The Hall–Kier alpha value is -0.980. The van der Waals surface area contributed by atoms with Crippen molar-refractivity contribution in [2.24, 2.45) is 5.92 Å². The molecule has 0 saturated carbocycles. The number of hydrogen-bond acceptors (Lipinski definition) is 1. The van der Waals surface area contributed by atoms with Gasteiger partial charge in [-0.1, -0.05) is 39.8 Å². The second-order valence-electron chi connectivity index (χ2n) is 4.98. The summed E-state index contributed by atoms with van der Waals surface area (Å²) >= 11 is 0. The van der Waals surface area contributed by atoms with Gasteiger partial charge in [-0.25, -0.2) is 0 Å².